The van der Waals surface area contributed by atoms with Gasteiger partial charge in [-0.15, -0.1) is 11.6 Å². The topological polar surface area (TPSA) is 65.0 Å². The van der Waals surface area contributed by atoms with Gasteiger partial charge in [0.1, 0.15) is 6.61 Å². The van der Waals surface area contributed by atoms with Gasteiger partial charge in [0.05, 0.1) is 33.0 Å². The predicted molar refractivity (Wildman–Crippen MR) is 73.5 cm³/mol. The van der Waals surface area contributed by atoms with Gasteiger partial charge >= 0.3 is 5.97 Å². The van der Waals surface area contributed by atoms with Gasteiger partial charge in [0, 0.05) is 12.3 Å². The van der Waals surface area contributed by atoms with E-state index in [0.717, 1.165) is 25.7 Å². The molecule has 0 fully saturated rings. The first-order valence-corrected chi connectivity index (χ1v) is 7.32. The highest BCUT2D eigenvalue weighted by Gasteiger charge is 2.02. The molecule has 5 nitrogen and oxygen atoms in total. The van der Waals surface area contributed by atoms with E-state index in [4.69, 9.17) is 30.9 Å². The van der Waals surface area contributed by atoms with Gasteiger partial charge in [0.25, 0.3) is 0 Å². The third kappa shape index (κ3) is 15.6. The lowest BCUT2D eigenvalue weighted by molar-refractivity contribution is -0.145. The quantitative estimate of drug-likeness (QED) is 0.300. The molecule has 0 atom stereocenters. The number of esters is 1. The second-order valence-electron chi connectivity index (χ2n) is 4.02. The molecule has 6 heteroatoms. The van der Waals surface area contributed by atoms with Gasteiger partial charge in [0.2, 0.25) is 0 Å². The number of aliphatic hydroxyl groups excluding tert-OH is 1. The summed E-state index contributed by atoms with van der Waals surface area (Å²) in [4.78, 5) is 11.3. The zero-order valence-electron chi connectivity index (χ0n) is 11.4. The SMILES string of the molecule is O=C(CCCCCCCl)OCCOCCOCCO. The van der Waals surface area contributed by atoms with Gasteiger partial charge in [-0.1, -0.05) is 12.8 Å². The molecule has 0 aromatic carbocycles. The molecular formula is C13H25ClO5. The van der Waals surface area contributed by atoms with Crippen molar-refractivity contribution in [3.63, 3.8) is 0 Å². The van der Waals surface area contributed by atoms with Gasteiger partial charge in [-0.25, -0.2) is 0 Å². The minimum absolute atomic E-state index is 0.0164. The number of hydrogen-bond donors (Lipinski definition) is 1. The Labute approximate surface area is 120 Å². The van der Waals surface area contributed by atoms with Crippen LogP contribution >= 0.6 is 11.6 Å². The second kappa shape index (κ2) is 15.7. The normalized spacial score (nSPS) is 10.6. The van der Waals surface area contributed by atoms with Gasteiger partial charge in [-0.2, -0.15) is 0 Å². The van der Waals surface area contributed by atoms with Crippen molar-refractivity contribution in [3.8, 4) is 0 Å². The predicted octanol–water partition coefficient (Wildman–Crippen LogP) is 1.74. The van der Waals surface area contributed by atoms with Crippen molar-refractivity contribution in [3.05, 3.63) is 0 Å². The van der Waals surface area contributed by atoms with Crippen LogP contribution < -0.4 is 0 Å². The largest absolute Gasteiger partial charge is 0.463 e. The molecule has 0 aliphatic rings. The molecule has 1 N–H and O–H groups in total. The van der Waals surface area contributed by atoms with Crippen molar-refractivity contribution >= 4 is 17.6 Å². The Kier molecular flexibility index (Phi) is 15.4. The van der Waals surface area contributed by atoms with Crippen LogP contribution in [0.2, 0.25) is 0 Å². The monoisotopic (exact) mass is 296 g/mol. The lowest BCUT2D eigenvalue weighted by atomic mass is 10.1. The minimum atomic E-state index is -0.175. The van der Waals surface area contributed by atoms with E-state index in [-0.39, 0.29) is 19.2 Å². The molecule has 0 aromatic rings. The van der Waals surface area contributed by atoms with Crippen molar-refractivity contribution in [2.75, 3.05) is 45.5 Å². The van der Waals surface area contributed by atoms with Gasteiger partial charge < -0.3 is 19.3 Å². The maximum atomic E-state index is 11.3. The third-order valence-corrected chi connectivity index (χ3v) is 2.63. The Morgan fingerprint density at radius 1 is 0.895 bits per heavy atom. The van der Waals surface area contributed by atoms with E-state index in [2.05, 4.69) is 0 Å². The first kappa shape index (κ1) is 18.6. The summed E-state index contributed by atoms with van der Waals surface area (Å²) in [5.74, 6) is 0.509. The maximum Gasteiger partial charge on any atom is 0.305 e. The Morgan fingerprint density at radius 3 is 2.21 bits per heavy atom. The molecule has 0 heterocycles. The molecule has 0 aliphatic heterocycles. The van der Waals surface area contributed by atoms with E-state index in [1.54, 1.807) is 0 Å². The summed E-state index contributed by atoms with van der Waals surface area (Å²) in [7, 11) is 0. The van der Waals surface area contributed by atoms with Crippen LogP contribution in [0.4, 0.5) is 0 Å². The van der Waals surface area contributed by atoms with E-state index >= 15 is 0 Å². The highest BCUT2D eigenvalue weighted by molar-refractivity contribution is 6.17. The zero-order chi connectivity index (χ0) is 14.2. The number of halogens is 1. The van der Waals surface area contributed by atoms with Crippen LogP contribution in [0.1, 0.15) is 32.1 Å². The van der Waals surface area contributed by atoms with Crippen LogP contribution in [0.3, 0.4) is 0 Å². The molecule has 0 aliphatic carbocycles. The summed E-state index contributed by atoms with van der Waals surface area (Å²) in [5, 5.41) is 8.46. The Bertz CT molecular complexity index is 201. The Morgan fingerprint density at radius 2 is 1.53 bits per heavy atom. The fraction of sp³-hybridized carbons (Fsp3) is 0.923. The van der Waals surface area contributed by atoms with E-state index < -0.39 is 0 Å². The molecule has 0 unspecified atom stereocenters. The van der Waals surface area contributed by atoms with Crippen LogP contribution in [0.15, 0.2) is 0 Å². The number of unbranched alkanes of at least 4 members (excludes halogenated alkanes) is 3. The molecule has 0 radical (unpaired) electrons. The summed E-state index contributed by atoms with van der Waals surface area (Å²) in [6.07, 6.45) is 4.39. The average Bonchev–Trinajstić information content (AvgIpc) is 2.41. The van der Waals surface area contributed by atoms with Crippen LogP contribution in [-0.2, 0) is 19.0 Å². The molecule has 0 saturated heterocycles. The Hall–Kier alpha value is -0.360. The fourth-order valence-electron chi connectivity index (χ4n) is 1.39. The summed E-state index contributed by atoms with van der Waals surface area (Å²) in [6.45, 7) is 1.87. The van der Waals surface area contributed by atoms with Crippen molar-refractivity contribution < 1.29 is 24.1 Å². The second-order valence-corrected chi connectivity index (χ2v) is 4.40. The molecule has 19 heavy (non-hydrogen) atoms. The lowest BCUT2D eigenvalue weighted by Crippen LogP contribution is -2.13. The maximum absolute atomic E-state index is 11.3. The van der Waals surface area contributed by atoms with Crippen LogP contribution in [-0.4, -0.2) is 56.6 Å². The zero-order valence-corrected chi connectivity index (χ0v) is 12.2. The fourth-order valence-corrected chi connectivity index (χ4v) is 1.58. The highest BCUT2D eigenvalue weighted by Crippen LogP contribution is 2.04. The minimum Gasteiger partial charge on any atom is -0.463 e. The number of hydrogen-bond acceptors (Lipinski definition) is 5. The molecule has 0 saturated carbocycles. The summed E-state index contributed by atoms with van der Waals surface area (Å²) in [6, 6.07) is 0. The summed E-state index contributed by atoms with van der Waals surface area (Å²) >= 11 is 5.55. The van der Waals surface area contributed by atoms with Crippen LogP contribution in [0.25, 0.3) is 0 Å². The van der Waals surface area contributed by atoms with Crippen molar-refractivity contribution in [1.82, 2.24) is 0 Å². The first-order valence-electron chi connectivity index (χ1n) is 6.79. The van der Waals surface area contributed by atoms with Crippen LogP contribution in [0.5, 0.6) is 0 Å². The van der Waals surface area contributed by atoms with Crippen LogP contribution in [0, 0.1) is 0 Å². The number of ether oxygens (including phenoxy) is 3. The van der Waals surface area contributed by atoms with Gasteiger partial charge in [-0.3, -0.25) is 4.79 Å². The third-order valence-electron chi connectivity index (χ3n) is 2.36. The number of carbonyl (C=O) groups excluding carboxylic acids is 1. The average molecular weight is 297 g/mol. The number of aliphatic hydroxyl groups is 1. The smallest absolute Gasteiger partial charge is 0.305 e. The van der Waals surface area contributed by atoms with Gasteiger partial charge in [-0.05, 0) is 12.8 Å². The first-order chi connectivity index (χ1) is 9.31. The molecule has 0 aromatic heterocycles. The standard InChI is InChI=1S/C13H25ClO5/c14-6-4-2-1-3-5-13(16)19-12-11-18-10-9-17-8-7-15/h15H,1-12H2. The summed E-state index contributed by atoms with van der Waals surface area (Å²) < 4.78 is 15.2. The van der Waals surface area contributed by atoms with Crippen molar-refractivity contribution in [1.29, 1.82) is 0 Å². The molecular weight excluding hydrogens is 272 g/mol. The van der Waals surface area contributed by atoms with E-state index in [0.29, 0.717) is 38.7 Å². The van der Waals surface area contributed by atoms with E-state index in [1.165, 1.54) is 0 Å². The van der Waals surface area contributed by atoms with E-state index in [9.17, 15) is 4.79 Å². The Balaban J connectivity index is 3.12. The molecule has 0 spiro atoms. The van der Waals surface area contributed by atoms with Gasteiger partial charge in [0.15, 0.2) is 0 Å². The van der Waals surface area contributed by atoms with E-state index in [1.807, 2.05) is 0 Å². The van der Waals surface area contributed by atoms with Crippen molar-refractivity contribution in [2.45, 2.75) is 32.1 Å². The summed E-state index contributed by atoms with van der Waals surface area (Å²) in [5.41, 5.74) is 0. The molecule has 114 valence electrons. The molecule has 0 bridgehead atoms. The molecule has 0 rings (SSSR count). The molecule has 0 amide bonds. The number of rotatable bonds is 14. The number of alkyl halides is 1. The number of carbonyl (C=O) groups is 1. The van der Waals surface area contributed by atoms with Crippen molar-refractivity contribution in [2.24, 2.45) is 0 Å². The lowest BCUT2D eigenvalue weighted by Gasteiger charge is -2.06. The highest BCUT2D eigenvalue weighted by atomic mass is 35.5.